The van der Waals surface area contributed by atoms with Crippen LogP contribution in [0.5, 0.6) is 11.5 Å². The van der Waals surface area contributed by atoms with Crippen molar-refractivity contribution in [1.29, 1.82) is 0 Å². The fourth-order valence-corrected chi connectivity index (χ4v) is 4.88. The van der Waals surface area contributed by atoms with Crippen molar-refractivity contribution in [2.24, 2.45) is 5.92 Å². The van der Waals surface area contributed by atoms with E-state index >= 15 is 0 Å². The summed E-state index contributed by atoms with van der Waals surface area (Å²) in [5.41, 5.74) is 0. The Morgan fingerprint density at radius 3 is 2.26 bits per heavy atom. The number of nitrogens with one attached hydrogen (secondary N) is 1. The fourth-order valence-electron chi connectivity index (χ4n) is 3.41. The third-order valence-corrected chi connectivity index (χ3v) is 7.14. The summed E-state index contributed by atoms with van der Waals surface area (Å²) in [4.78, 5) is 12.6. The molecule has 1 unspecified atom stereocenters. The van der Waals surface area contributed by atoms with E-state index in [4.69, 9.17) is 9.47 Å². The van der Waals surface area contributed by atoms with Gasteiger partial charge in [-0.05, 0) is 68.3 Å². The maximum Gasteiger partial charge on any atom is 0.243 e. The van der Waals surface area contributed by atoms with Gasteiger partial charge in [0.05, 0.1) is 18.0 Å². The van der Waals surface area contributed by atoms with Gasteiger partial charge in [0.25, 0.3) is 0 Å². The molecule has 31 heavy (non-hydrogen) atoms. The Hall–Kier alpha value is -2.65. The second-order valence-electron chi connectivity index (χ2n) is 7.53. The van der Waals surface area contributed by atoms with Crippen molar-refractivity contribution in [3.63, 3.8) is 0 Å². The predicted octanol–water partition coefficient (Wildman–Crippen LogP) is 2.82. The molecule has 3 rings (SSSR count). The Balaban J connectivity index is 1.46. The summed E-state index contributed by atoms with van der Waals surface area (Å²) >= 11 is 0. The normalized spacial score (nSPS) is 16.5. The minimum absolute atomic E-state index is 0.0566. The highest BCUT2D eigenvalue weighted by atomic mass is 32.2. The fraction of sp³-hybridized carbons (Fsp3) is 0.409. The van der Waals surface area contributed by atoms with Gasteiger partial charge in [0.15, 0.2) is 0 Å². The molecule has 1 N–H and O–H groups in total. The van der Waals surface area contributed by atoms with Gasteiger partial charge < -0.3 is 14.8 Å². The number of amides is 1. The largest absolute Gasteiger partial charge is 0.497 e. The number of hydrogen-bond acceptors (Lipinski definition) is 5. The number of carbonyl (C=O) groups is 1. The van der Waals surface area contributed by atoms with Crippen molar-refractivity contribution < 1.29 is 27.1 Å². The summed E-state index contributed by atoms with van der Waals surface area (Å²) in [5.74, 6) is 0.565. The molecule has 0 radical (unpaired) electrons. The predicted molar refractivity (Wildman–Crippen MR) is 114 cm³/mol. The van der Waals surface area contributed by atoms with Gasteiger partial charge in [-0.25, -0.2) is 12.8 Å². The monoisotopic (exact) mass is 450 g/mol. The van der Waals surface area contributed by atoms with Crippen LogP contribution in [-0.2, 0) is 14.8 Å². The lowest BCUT2D eigenvalue weighted by Crippen LogP contribution is -2.45. The molecule has 1 fully saturated rings. The number of piperidine rings is 1. The van der Waals surface area contributed by atoms with E-state index in [1.54, 1.807) is 31.4 Å². The van der Waals surface area contributed by atoms with Gasteiger partial charge in [-0.3, -0.25) is 4.79 Å². The molecule has 1 heterocycles. The Bertz CT molecular complexity index is 972. The van der Waals surface area contributed by atoms with Crippen molar-refractivity contribution in [1.82, 2.24) is 9.62 Å². The molecular weight excluding hydrogens is 423 g/mol. The van der Waals surface area contributed by atoms with Crippen molar-refractivity contribution in [2.75, 3.05) is 26.8 Å². The molecule has 1 atom stereocenters. The molecule has 1 amide bonds. The highest BCUT2D eigenvalue weighted by Crippen LogP contribution is 2.24. The Labute approximate surface area is 182 Å². The summed E-state index contributed by atoms with van der Waals surface area (Å²) in [7, 11) is -2.10. The third-order valence-electron chi connectivity index (χ3n) is 5.22. The van der Waals surface area contributed by atoms with E-state index in [2.05, 4.69) is 5.32 Å². The molecule has 1 saturated heterocycles. The van der Waals surface area contributed by atoms with Crippen LogP contribution in [0.4, 0.5) is 4.39 Å². The van der Waals surface area contributed by atoms with Crippen LogP contribution in [0.1, 0.15) is 19.8 Å². The van der Waals surface area contributed by atoms with Crippen molar-refractivity contribution in [3.05, 3.63) is 54.3 Å². The van der Waals surface area contributed by atoms with E-state index in [0.717, 1.165) is 17.9 Å². The van der Waals surface area contributed by atoms with Crippen LogP contribution in [0.25, 0.3) is 0 Å². The van der Waals surface area contributed by atoms with Crippen LogP contribution < -0.4 is 14.8 Å². The van der Waals surface area contributed by atoms with Gasteiger partial charge in [0.2, 0.25) is 15.9 Å². The molecule has 0 aromatic heterocycles. The van der Waals surface area contributed by atoms with Gasteiger partial charge >= 0.3 is 0 Å². The third kappa shape index (κ3) is 5.95. The van der Waals surface area contributed by atoms with Crippen molar-refractivity contribution >= 4 is 15.9 Å². The van der Waals surface area contributed by atoms with Crippen LogP contribution in [0.3, 0.4) is 0 Å². The van der Waals surface area contributed by atoms with Gasteiger partial charge in [-0.15, -0.1) is 0 Å². The smallest absolute Gasteiger partial charge is 0.243 e. The Morgan fingerprint density at radius 1 is 1.10 bits per heavy atom. The SMILES string of the molecule is COc1ccc(OCC(C)NC(=O)C2CCN(S(=O)(=O)c3ccc(F)cc3)CC2)cc1. The average molecular weight is 451 g/mol. The van der Waals surface area contributed by atoms with Crippen LogP contribution in [0.2, 0.25) is 0 Å². The average Bonchev–Trinajstić information content (AvgIpc) is 2.78. The van der Waals surface area contributed by atoms with Crippen LogP contribution >= 0.6 is 0 Å². The topological polar surface area (TPSA) is 84.9 Å². The van der Waals surface area contributed by atoms with Gasteiger partial charge in [0, 0.05) is 19.0 Å². The standard InChI is InChI=1S/C22H27FN2O5S/c1-16(15-30-20-7-5-19(29-2)6-8-20)24-22(26)17-11-13-25(14-12-17)31(27,28)21-9-3-18(23)4-10-21/h3-10,16-17H,11-15H2,1-2H3,(H,24,26). The quantitative estimate of drug-likeness (QED) is 0.669. The maximum atomic E-state index is 13.1. The summed E-state index contributed by atoms with van der Waals surface area (Å²) in [5, 5.41) is 2.94. The molecule has 0 aliphatic carbocycles. The molecular formula is C22H27FN2O5S. The second kappa shape index (κ2) is 10.1. The van der Waals surface area contributed by atoms with Crippen LogP contribution in [0.15, 0.2) is 53.4 Å². The zero-order valence-corrected chi connectivity index (χ0v) is 18.4. The number of carbonyl (C=O) groups excluding carboxylic acids is 1. The summed E-state index contributed by atoms with van der Waals surface area (Å²) in [6, 6.07) is 11.8. The van der Waals surface area contributed by atoms with E-state index in [0.29, 0.717) is 25.2 Å². The maximum absolute atomic E-state index is 13.1. The summed E-state index contributed by atoms with van der Waals surface area (Å²) in [6.45, 7) is 2.66. The first kappa shape index (κ1) is 23.0. The molecule has 1 aliphatic rings. The Morgan fingerprint density at radius 2 is 1.68 bits per heavy atom. The van der Waals surface area contributed by atoms with Gasteiger partial charge in [0.1, 0.15) is 23.9 Å². The van der Waals surface area contributed by atoms with E-state index < -0.39 is 15.8 Å². The molecule has 0 bridgehead atoms. The lowest BCUT2D eigenvalue weighted by atomic mass is 9.97. The highest BCUT2D eigenvalue weighted by molar-refractivity contribution is 7.89. The van der Waals surface area contributed by atoms with Crippen LogP contribution in [0, 0.1) is 11.7 Å². The van der Waals surface area contributed by atoms with Crippen LogP contribution in [-0.4, -0.2) is 51.5 Å². The number of methoxy groups -OCH3 is 1. The zero-order chi connectivity index (χ0) is 22.4. The first-order chi connectivity index (χ1) is 14.8. The highest BCUT2D eigenvalue weighted by Gasteiger charge is 2.32. The first-order valence-corrected chi connectivity index (χ1v) is 11.6. The number of sulfonamides is 1. The number of benzene rings is 2. The molecule has 9 heteroatoms. The molecule has 1 aliphatic heterocycles. The van der Waals surface area contributed by atoms with E-state index in [9.17, 15) is 17.6 Å². The molecule has 0 saturated carbocycles. The lowest BCUT2D eigenvalue weighted by Gasteiger charge is -2.31. The van der Waals surface area contributed by atoms with Gasteiger partial charge in [-0.1, -0.05) is 0 Å². The second-order valence-corrected chi connectivity index (χ2v) is 9.47. The zero-order valence-electron chi connectivity index (χ0n) is 17.6. The summed E-state index contributed by atoms with van der Waals surface area (Å²) in [6.07, 6.45) is 0.858. The minimum Gasteiger partial charge on any atom is -0.497 e. The lowest BCUT2D eigenvalue weighted by molar-refractivity contribution is -0.126. The number of ether oxygens (including phenoxy) is 2. The number of rotatable bonds is 8. The minimum atomic E-state index is -3.69. The van der Waals surface area contributed by atoms with E-state index in [-0.39, 0.29) is 35.9 Å². The Kier molecular flexibility index (Phi) is 7.50. The molecule has 7 nitrogen and oxygen atoms in total. The molecule has 0 spiro atoms. The van der Waals surface area contributed by atoms with E-state index in [1.165, 1.54) is 16.4 Å². The number of nitrogens with zero attached hydrogens (tertiary/aromatic N) is 1. The number of hydrogen-bond donors (Lipinski definition) is 1. The number of halogens is 1. The summed E-state index contributed by atoms with van der Waals surface area (Å²) < 4.78 is 50.6. The van der Waals surface area contributed by atoms with Crippen molar-refractivity contribution in [3.8, 4) is 11.5 Å². The molecule has 168 valence electrons. The van der Waals surface area contributed by atoms with Crippen molar-refractivity contribution in [2.45, 2.75) is 30.7 Å². The van der Waals surface area contributed by atoms with E-state index in [1.807, 2.05) is 6.92 Å². The molecule has 2 aromatic carbocycles. The van der Waals surface area contributed by atoms with Gasteiger partial charge in [-0.2, -0.15) is 4.31 Å². The first-order valence-electron chi connectivity index (χ1n) is 10.1. The molecule has 2 aromatic rings.